The second-order valence-corrected chi connectivity index (χ2v) is 4.46. The normalized spacial score (nSPS) is 10.3. The maximum absolute atomic E-state index is 12.9. The maximum Gasteiger partial charge on any atom is 0.233 e. The quantitative estimate of drug-likeness (QED) is 0.738. The number of hydrogen-bond acceptors (Lipinski definition) is 7. The minimum Gasteiger partial charge on any atom is -0.395 e. The Kier molecular flexibility index (Phi) is 4.83. The fourth-order valence-corrected chi connectivity index (χ4v) is 1.53. The summed E-state index contributed by atoms with van der Waals surface area (Å²) >= 11 is 0. The van der Waals surface area contributed by atoms with Crippen LogP contribution in [0.2, 0.25) is 0 Å². The van der Waals surface area contributed by atoms with Gasteiger partial charge in [0.15, 0.2) is 0 Å². The van der Waals surface area contributed by atoms with Crippen LogP contribution in [-0.4, -0.2) is 47.3 Å². The van der Waals surface area contributed by atoms with Crippen molar-refractivity contribution < 1.29 is 9.50 Å². The van der Waals surface area contributed by atoms with Gasteiger partial charge in [-0.15, -0.1) is 0 Å². The molecule has 0 unspecified atom stereocenters. The van der Waals surface area contributed by atoms with E-state index in [1.807, 2.05) is 14.1 Å². The summed E-state index contributed by atoms with van der Waals surface area (Å²) in [5.74, 6) is 0.846. The van der Waals surface area contributed by atoms with Crippen molar-refractivity contribution in [3.63, 3.8) is 0 Å². The molecule has 1 aromatic carbocycles. The molecule has 2 rings (SSSR count). The Morgan fingerprint density at radius 1 is 1.10 bits per heavy atom. The number of anilines is 4. The predicted octanol–water partition coefficient (Wildman–Crippen LogP) is 1.22. The Labute approximate surface area is 121 Å². The minimum absolute atomic E-state index is 0.0241. The lowest BCUT2D eigenvalue weighted by Gasteiger charge is -2.14. The van der Waals surface area contributed by atoms with Crippen LogP contribution in [0.5, 0.6) is 0 Å². The van der Waals surface area contributed by atoms with Gasteiger partial charge in [-0.25, -0.2) is 4.39 Å². The summed E-state index contributed by atoms with van der Waals surface area (Å²) < 4.78 is 12.9. The molecular weight excluding hydrogens is 275 g/mol. The van der Waals surface area contributed by atoms with Gasteiger partial charge in [0.2, 0.25) is 17.8 Å². The monoisotopic (exact) mass is 292 g/mol. The van der Waals surface area contributed by atoms with Crippen molar-refractivity contribution in [1.29, 1.82) is 0 Å². The molecular formula is C13H17FN6O. The third-order valence-corrected chi connectivity index (χ3v) is 2.52. The lowest BCUT2D eigenvalue weighted by molar-refractivity contribution is 0.311. The average Bonchev–Trinajstić information content (AvgIpc) is 2.47. The van der Waals surface area contributed by atoms with Crippen molar-refractivity contribution in [2.75, 3.05) is 42.8 Å². The van der Waals surface area contributed by atoms with E-state index in [1.165, 1.54) is 12.1 Å². The van der Waals surface area contributed by atoms with E-state index < -0.39 is 0 Å². The van der Waals surface area contributed by atoms with E-state index in [0.29, 0.717) is 30.1 Å². The molecule has 0 aliphatic rings. The van der Waals surface area contributed by atoms with E-state index in [4.69, 9.17) is 5.11 Å². The summed E-state index contributed by atoms with van der Waals surface area (Å²) in [4.78, 5) is 14.4. The molecule has 2 aromatic rings. The molecule has 0 amide bonds. The van der Waals surface area contributed by atoms with Gasteiger partial charge in [-0.1, -0.05) is 0 Å². The van der Waals surface area contributed by atoms with E-state index in [2.05, 4.69) is 25.6 Å². The smallest absolute Gasteiger partial charge is 0.233 e. The Morgan fingerprint density at radius 2 is 1.76 bits per heavy atom. The molecule has 3 N–H and O–H groups in total. The largest absolute Gasteiger partial charge is 0.395 e. The molecule has 0 saturated carbocycles. The van der Waals surface area contributed by atoms with Gasteiger partial charge < -0.3 is 20.6 Å². The maximum atomic E-state index is 12.9. The summed E-state index contributed by atoms with van der Waals surface area (Å²) in [6, 6.07) is 5.88. The Morgan fingerprint density at radius 3 is 2.38 bits per heavy atom. The lowest BCUT2D eigenvalue weighted by atomic mass is 10.3. The first-order valence-corrected chi connectivity index (χ1v) is 6.39. The first-order valence-electron chi connectivity index (χ1n) is 6.39. The van der Waals surface area contributed by atoms with Crippen LogP contribution in [-0.2, 0) is 0 Å². The molecule has 112 valence electrons. The molecule has 1 aromatic heterocycles. The fraction of sp³-hybridized carbons (Fsp3) is 0.308. The highest BCUT2D eigenvalue weighted by Gasteiger charge is 2.08. The van der Waals surface area contributed by atoms with Crippen LogP contribution in [0.1, 0.15) is 0 Å². The first kappa shape index (κ1) is 14.9. The number of benzene rings is 1. The second-order valence-electron chi connectivity index (χ2n) is 4.46. The number of rotatable bonds is 6. The van der Waals surface area contributed by atoms with E-state index >= 15 is 0 Å². The summed E-state index contributed by atoms with van der Waals surface area (Å²) in [7, 11) is 3.62. The molecule has 1 heterocycles. The number of halogens is 1. The van der Waals surface area contributed by atoms with Crippen molar-refractivity contribution in [2.24, 2.45) is 0 Å². The Balaban J connectivity index is 2.24. The fourth-order valence-electron chi connectivity index (χ4n) is 1.53. The standard InChI is InChI=1S/C13H17FN6O/c1-20(2)13-18-11(15-7-8-21)17-12(19-13)16-10-5-3-9(14)4-6-10/h3-6,21H,7-8H2,1-2H3,(H2,15,16,17,18,19). The zero-order chi connectivity index (χ0) is 15.2. The number of nitrogens with one attached hydrogen (secondary N) is 2. The number of nitrogens with zero attached hydrogens (tertiary/aromatic N) is 4. The zero-order valence-electron chi connectivity index (χ0n) is 11.8. The van der Waals surface area contributed by atoms with E-state index in [0.717, 1.165) is 0 Å². The highest BCUT2D eigenvalue weighted by molar-refractivity contribution is 5.55. The van der Waals surface area contributed by atoms with E-state index in [-0.39, 0.29) is 12.4 Å². The first-order chi connectivity index (χ1) is 10.1. The van der Waals surface area contributed by atoms with Crippen LogP contribution in [0.4, 0.5) is 27.9 Å². The molecule has 8 heteroatoms. The van der Waals surface area contributed by atoms with Crippen LogP contribution >= 0.6 is 0 Å². The molecule has 0 atom stereocenters. The lowest BCUT2D eigenvalue weighted by Crippen LogP contribution is -2.17. The zero-order valence-corrected chi connectivity index (χ0v) is 11.8. The highest BCUT2D eigenvalue weighted by atomic mass is 19.1. The Bertz CT molecular complexity index is 590. The summed E-state index contributed by atoms with van der Waals surface area (Å²) in [6.07, 6.45) is 0. The van der Waals surface area contributed by atoms with E-state index in [1.54, 1.807) is 17.0 Å². The van der Waals surface area contributed by atoms with Crippen LogP contribution < -0.4 is 15.5 Å². The van der Waals surface area contributed by atoms with Gasteiger partial charge in [0.05, 0.1) is 6.61 Å². The highest BCUT2D eigenvalue weighted by Crippen LogP contribution is 2.17. The predicted molar refractivity (Wildman–Crippen MR) is 79.4 cm³/mol. The molecule has 7 nitrogen and oxygen atoms in total. The molecule has 0 saturated heterocycles. The molecule has 21 heavy (non-hydrogen) atoms. The van der Waals surface area contributed by atoms with Gasteiger partial charge in [-0.2, -0.15) is 15.0 Å². The number of aliphatic hydroxyl groups excluding tert-OH is 1. The minimum atomic E-state index is -0.310. The number of aromatic nitrogens is 3. The van der Waals surface area contributed by atoms with Gasteiger partial charge in [0.25, 0.3) is 0 Å². The molecule has 0 aliphatic carbocycles. The molecule has 0 bridgehead atoms. The SMILES string of the molecule is CN(C)c1nc(NCCO)nc(Nc2ccc(F)cc2)n1. The third kappa shape index (κ3) is 4.25. The van der Waals surface area contributed by atoms with Crippen LogP contribution in [0.25, 0.3) is 0 Å². The molecule has 0 fully saturated rings. The topological polar surface area (TPSA) is 86.2 Å². The van der Waals surface area contributed by atoms with Crippen LogP contribution in [0, 0.1) is 5.82 Å². The van der Waals surface area contributed by atoms with Crippen molar-refractivity contribution in [2.45, 2.75) is 0 Å². The van der Waals surface area contributed by atoms with Gasteiger partial charge in [-0.05, 0) is 24.3 Å². The Hall–Kier alpha value is -2.48. The van der Waals surface area contributed by atoms with Crippen LogP contribution in [0.3, 0.4) is 0 Å². The summed E-state index contributed by atoms with van der Waals surface area (Å²) in [5.41, 5.74) is 0.667. The summed E-state index contributed by atoms with van der Waals surface area (Å²) in [5, 5.41) is 14.7. The third-order valence-electron chi connectivity index (χ3n) is 2.52. The van der Waals surface area contributed by atoms with Crippen molar-refractivity contribution in [1.82, 2.24) is 15.0 Å². The van der Waals surface area contributed by atoms with Crippen molar-refractivity contribution in [3.05, 3.63) is 30.1 Å². The number of aliphatic hydroxyl groups is 1. The van der Waals surface area contributed by atoms with Gasteiger partial charge in [-0.3, -0.25) is 0 Å². The van der Waals surface area contributed by atoms with Crippen molar-refractivity contribution in [3.8, 4) is 0 Å². The van der Waals surface area contributed by atoms with Gasteiger partial charge in [0.1, 0.15) is 5.82 Å². The summed E-state index contributed by atoms with van der Waals surface area (Å²) in [6.45, 7) is 0.316. The molecule has 0 aliphatic heterocycles. The van der Waals surface area contributed by atoms with Gasteiger partial charge in [0, 0.05) is 26.3 Å². The number of hydrogen-bond donors (Lipinski definition) is 3. The molecule has 0 spiro atoms. The van der Waals surface area contributed by atoms with Crippen molar-refractivity contribution >= 4 is 23.5 Å². The van der Waals surface area contributed by atoms with E-state index in [9.17, 15) is 4.39 Å². The molecule has 0 radical (unpaired) electrons. The average molecular weight is 292 g/mol. The second kappa shape index (κ2) is 6.80. The van der Waals surface area contributed by atoms with Gasteiger partial charge >= 0.3 is 0 Å². The van der Waals surface area contributed by atoms with Crippen LogP contribution in [0.15, 0.2) is 24.3 Å².